The van der Waals surface area contributed by atoms with E-state index in [0.29, 0.717) is 0 Å². The molecule has 1 heteroatoms. The van der Waals surface area contributed by atoms with Crippen LogP contribution in [-0.2, 0) is 5.41 Å². The van der Waals surface area contributed by atoms with Crippen LogP contribution in [0.15, 0.2) is 30.3 Å². The molecule has 0 N–H and O–H groups in total. The Hall–Kier alpha value is -1.29. The highest BCUT2D eigenvalue weighted by Crippen LogP contribution is 2.53. The summed E-state index contributed by atoms with van der Waals surface area (Å²) >= 11 is 0. The molecule has 0 radical (unpaired) electrons. The van der Waals surface area contributed by atoms with Crippen molar-refractivity contribution < 1.29 is 0 Å². The zero-order chi connectivity index (χ0) is 13.8. The average Bonchev–Trinajstić information content (AvgIpc) is 2.49. The van der Waals surface area contributed by atoms with Crippen LogP contribution in [0.1, 0.15) is 64.4 Å². The highest BCUT2D eigenvalue weighted by atomic mass is 14.5. The fourth-order valence-corrected chi connectivity index (χ4v) is 3.97. The maximum atomic E-state index is 9.85. The van der Waals surface area contributed by atoms with Gasteiger partial charge in [-0.1, -0.05) is 62.9 Å². The van der Waals surface area contributed by atoms with Crippen molar-refractivity contribution in [1.82, 2.24) is 0 Å². The molecule has 1 aromatic carbocycles. The lowest BCUT2D eigenvalue weighted by atomic mass is 9.54. The molecule has 1 unspecified atom stereocenters. The van der Waals surface area contributed by atoms with Gasteiger partial charge in [0.2, 0.25) is 0 Å². The first-order valence-corrected chi connectivity index (χ1v) is 7.65. The van der Waals surface area contributed by atoms with Crippen molar-refractivity contribution in [3.63, 3.8) is 0 Å². The van der Waals surface area contributed by atoms with Gasteiger partial charge >= 0.3 is 0 Å². The van der Waals surface area contributed by atoms with Gasteiger partial charge in [0.25, 0.3) is 0 Å². The normalized spacial score (nSPS) is 21.3. The Bertz CT molecular complexity index is 437. The second kappa shape index (κ2) is 5.78. The van der Waals surface area contributed by atoms with E-state index in [1.807, 2.05) is 0 Å². The van der Waals surface area contributed by atoms with Crippen LogP contribution in [-0.4, -0.2) is 0 Å². The quantitative estimate of drug-likeness (QED) is 0.723. The summed E-state index contributed by atoms with van der Waals surface area (Å²) < 4.78 is 0. The smallest absolute Gasteiger partial charge is 0.0696 e. The van der Waals surface area contributed by atoms with Crippen LogP contribution in [0.5, 0.6) is 0 Å². The Morgan fingerprint density at radius 2 is 1.79 bits per heavy atom. The third-order valence-electron chi connectivity index (χ3n) is 5.09. The molecule has 19 heavy (non-hydrogen) atoms. The lowest BCUT2D eigenvalue weighted by Crippen LogP contribution is -2.44. The van der Waals surface area contributed by atoms with E-state index in [1.54, 1.807) is 0 Å². The van der Waals surface area contributed by atoms with Crippen LogP contribution in [0.3, 0.4) is 0 Å². The Morgan fingerprint density at radius 3 is 2.32 bits per heavy atom. The number of hydrogen-bond acceptors (Lipinski definition) is 1. The maximum absolute atomic E-state index is 9.85. The van der Waals surface area contributed by atoms with Crippen molar-refractivity contribution in [1.29, 1.82) is 5.26 Å². The summed E-state index contributed by atoms with van der Waals surface area (Å²) in [6.45, 7) is 4.38. The molecule has 0 aliphatic heterocycles. The molecule has 1 aliphatic carbocycles. The first kappa shape index (κ1) is 14.1. The second-order valence-electron chi connectivity index (χ2n) is 6.20. The molecule has 1 aliphatic rings. The van der Waals surface area contributed by atoms with Gasteiger partial charge in [-0.25, -0.2) is 0 Å². The molecule has 2 rings (SSSR count). The molecule has 1 fully saturated rings. The van der Waals surface area contributed by atoms with E-state index in [2.05, 4.69) is 50.2 Å². The molecule has 1 aromatic rings. The van der Waals surface area contributed by atoms with Gasteiger partial charge in [0.05, 0.1) is 11.5 Å². The number of nitriles is 1. The number of nitrogens with zero attached hydrogens (tertiary/aromatic N) is 1. The first-order chi connectivity index (χ1) is 9.18. The van der Waals surface area contributed by atoms with E-state index < -0.39 is 0 Å². The predicted molar refractivity (Wildman–Crippen MR) is 79.8 cm³/mol. The molecule has 0 spiro atoms. The van der Waals surface area contributed by atoms with Crippen molar-refractivity contribution >= 4 is 0 Å². The van der Waals surface area contributed by atoms with E-state index in [9.17, 15) is 5.26 Å². The largest absolute Gasteiger partial charge is 0.198 e. The monoisotopic (exact) mass is 255 g/mol. The first-order valence-electron chi connectivity index (χ1n) is 7.65. The van der Waals surface area contributed by atoms with Crippen LogP contribution in [0.2, 0.25) is 0 Å². The van der Waals surface area contributed by atoms with Crippen LogP contribution in [0.25, 0.3) is 0 Å². The van der Waals surface area contributed by atoms with Crippen molar-refractivity contribution in [3.8, 4) is 6.07 Å². The summed E-state index contributed by atoms with van der Waals surface area (Å²) in [6.07, 6.45) is 8.26. The third-order valence-corrected chi connectivity index (χ3v) is 5.09. The van der Waals surface area contributed by atoms with Crippen molar-refractivity contribution in [2.24, 2.45) is 5.41 Å². The average molecular weight is 255 g/mol. The minimum absolute atomic E-state index is 0.0667. The molecule has 0 amide bonds. The highest BCUT2D eigenvalue weighted by Gasteiger charge is 2.49. The second-order valence-corrected chi connectivity index (χ2v) is 6.20. The zero-order valence-electron chi connectivity index (χ0n) is 12.3. The van der Waals surface area contributed by atoms with E-state index >= 15 is 0 Å². The van der Waals surface area contributed by atoms with Crippen LogP contribution in [0, 0.1) is 16.7 Å². The minimum atomic E-state index is -0.233. The summed E-state index contributed by atoms with van der Waals surface area (Å²) in [5, 5.41) is 9.85. The van der Waals surface area contributed by atoms with Gasteiger partial charge in [-0.3, -0.25) is 0 Å². The molecular weight excluding hydrogens is 230 g/mol. The SMILES string of the molecule is CCCC(C)(C#N)C1(c2ccccc2)CCCCC1. The molecule has 0 aromatic heterocycles. The maximum Gasteiger partial charge on any atom is 0.0696 e. The number of benzene rings is 1. The van der Waals surface area contributed by atoms with Crippen molar-refractivity contribution in [2.75, 3.05) is 0 Å². The van der Waals surface area contributed by atoms with Crippen LogP contribution >= 0.6 is 0 Å². The van der Waals surface area contributed by atoms with Crippen molar-refractivity contribution in [2.45, 2.75) is 64.2 Å². The fourth-order valence-electron chi connectivity index (χ4n) is 3.97. The van der Waals surface area contributed by atoms with Crippen LogP contribution < -0.4 is 0 Å². The van der Waals surface area contributed by atoms with Gasteiger partial charge in [0.15, 0.2) is 0 Å². The third kappa shape index (κ3) is 2.41. The fraction of sp³-hybridized carbons (Fsp3) is 0.611. The summed E-state index contributed by atoms with van der Waals surface area (Å²) in [5.41, 5.74) is 1.22. The number of hydrogen-bond donors (Lipinski definition) is 0. The standard InChI is InChI=1S/C18H25N/c1-3-12-17(2,15-19)18(13-8-5-9-14-18)16-10-6-4-7-11-16/h4,6-7,10-11H,3,5,8-9,12-14H2,1-2H3. The van der Waals surface area contributed by atoms with E-state index in [1.165, 1.54) is 37.7 Å². The minimum Gasteiger partial charge on any atom is -0.198 e. The Morgan fingerprint density at radius 1 is 1.16 bits per heavy atom. The molecule has 0 bridgehead atoms. The van der Waals surface area contributed by atoms with E-state index in [-0.39, 0.29) is 10.8 Å². The van der Waals surface area contributed by atoms with Gasteiger partial charge < -0.3 is 0 Å². The molecule has 0 saturated heterocycles. The molecule has 0 heterocycles. The molecule has 1 atom stereocenters. The molecule has 102 valence electrons. The van der Waals surface area contributed by atoms with Crippen molar-refractivity contribution in [3.05, 3.63) is 35.9 Å². The number of rotatable bonds is 4. The molecule has 1 nitrogen and oxygen atoms in total. The molecule has 1 saturated carbocycles. The predicted octanol–water partition coefficient (Wildman–Crippen LogP) is 5.22. The lowest BCUT2D eigenvalue weighted by molar-refractivity contribution is 0.132. The Balaban J connectivity index is 2.49. The zero-order valence-corrected chi connectivity index (χ0v) is 12.3. The van der Waals surface area contributed by atoms with Gasteiger partial charge in [0.1, 0.15) is 0 Å². The van der Waals surface area contributed by atoms with E-state index in [4.69, 9.17) is 0 Å². The van der Waals surface area contributed by atoms with Gasteiger partial charge in [-0.2, -0.15) is 5.26 Å². The van der Waals surface area contributed by atoms with Gasteiger partial charge in [-0.05, 0) is 31.7 Å². The summed E-state index contributed by atoms with van der Waals surface area (Å²) in [7, 11) is 0. The topological polar surface area (TPSA) is 23.8 Å². The van der Waals surface area contributed by atoms with E-state index in [0.717, 1.165) is 12.8 Å². The van der Waals surface area contributed by atoms with Crippen LogP contribution in [0.4, 0.5) is 0 Å². The van der Waals surface area contributed by atoms with Gasteiger partial charge in [-0.15, -0.1) is 0 Å². The Kier molecular flexibility index (Phi) is 4.30. The summed E-state index contributed by atoms with van der Waals surface area (Å²) in [6, 6.07) is 13.5. The Labute approximate surface area is 117 Å². The lowest BCUT2D eigenvalue weighted by Gasteiger charge is -2.48. The summed E-state index contributed by atoms with van der Waals surface area (Å²) in [4.78, 5) is 0. The van der Waals surface area contributed by atoms with Gasteiger partial charge in [0, 0.05) is 5.41 Å². The summed E-state index contributed by atoms with van der Waals surface area (Å²) in [5.74, 6) is 0. The highest BCUT2D eigenvalue weighted by molar-refractivity contribution is 5.32. The molecular formula is C18H25N.